The van der Waals surface area contributed by atoms with Crippen molar-refractivity contribution in [1.29, 1.82) is 0 Å². The average molecular weight is 276 g/mol. The van der Waals surface area contributed by atoms with Gasteiger partial charge in [-0.25, -0.2) is 0 Å². The summed E-state index contributed by atoms with van der Waals surface area (Å²) in [4.78, 5) is 11.8. The first-order valence-electron chi connectivity index (χ1n) is 7.39. The third-order valence-corrected chi connectivity index (χ3v) is 4.02. The highest BCUT2D eigenvalue weighted by Gasteiger charge is 2.16. The molecule has 4 heteroatoms. The van der Waals surface area contributed by atoms with Crippen molar-refractivity contribution >= 4 is 17.3 Å². The number of carbonyl (C=O) groups is 1. The zero-order valence-corrected chi connectivity index (χ0v) is 12.2. The molecule has 0 radical (unpaired) electrons. The molecule has 0 saturated heterocycles. The van der Waals surface area contributed by atoms with Crippen molar-refractivity contribution in [3.05, 3.63) is 23.8 Å². The first-order valence-corrected chi connectivity index (χ1v) is 7.39. The molecular formula is C16H24N2O2. The van der Waals surface area contributed by atoms with Gasteiger partial charge < -0.3 is 15.8 Å². The van der Waals surface area contributed by atoms with Crippen LogP contribution in [0.2, 0.25) is 0 Å². The van der Waals surface area contributed by atoms with Gasteiger partial charge in [0.25, 0.3) is 0 Å². The maximum Gasteiger partial charge on any atom is 0.226 e. The lowest BCUT2D eigenvalue weighted by Crippen LogP contribution is -2.17. The van der Waals surface area contributed by atoms with Crippen molar-refractivity contribution in [3.8, 4) is 0 Å². The van der Waals surface area contributed by atoms with Crippen LogP contribution in [-0.4, -0.2) is 19.1 Å². The van der Waals surface area contributed by atoms with Crippen LogP contribution in [-0.2, 0) is 9.53 Å². The zero-order valence-electron chi connectivity index (χ0n) is 12.2. The summed E-state index contributed by atoms with van der Waals surface area (Å²) in [6.07, 6.45) is 5.58. The minimum atomic E-state index is -0.0256. The van der Waals surface area contributed by atoms with E-state index < -0.39 is 0 Å². The Morgan fingerprint density at radius 1 is 1.40 bits per heavy atom. The van der Waals surface area contributed by atoms with Gasteiger partial charge in [0.1, 0.15) is 0 Å². The van der Waals surface area contributed by atoms with Crippen LogP contribution in [0.15, 0.2) is 18.2 Å². The van der Waals surface area contributed by atoms with Gasteiger partial charge >= 0.3 is 0 Å². The maximum atomic E-state index is 11.8. The molecule has 1 aromatic rings. The Morgan fingerprint density at radius 3 is 2.90 bits per heavy atom. The first-order chi connectivity index (χ1) is 9.66. The molecule has 1 amide bonds. The third kappa shape index (κ3) is 4.23. The predicted octanol–water partition coefficient (Wildman–Crippen LogP) is 3.11. The van der Waals surface area contributed by atoms with Gasteiger partial charge in [0.15, 0.2) is 0 Å². The van der Waals surface area contributed by atoms with Crippen LogP contribution in [0.3, 0.4) is 0 Å². The molecule has 1 aromatic carbocycles. The quantitative estimate of drug-likeness (QED) is 0.594. The van der Waals surface area contributed by atoms with Gasteiger partial charge in [-0.1, -0.05) is 25.3 Å². The van der Waals surface area contributed by atoms with E-state index in [1.165, 1.54) is 19.3 Å². The Morgan fingerprint density at radius 2 is 2.20 bits per heavy atom. The summed E-state index contributed by atoms with van der Waals surface area (Å²) >= 11 is 0. The molecule has 0 heterocycles. The molecule has 0 spiro atoms. The second-order valence-electron chi connectivity index (χ2n) is 5.52. The van der Waals surface area contributed by atoms with E-state index in [4.69, 9.17) is 10.5 Å². The molecule has 0 unspecified atom stereocenters. The lowest BCUT2D eigenvalue weighted by atomic mass is 9.83. The van der Waals surface area contributed by atoms with Crippen LogP contribution in [0.25, 0.3) is 0 Å². The SMILES string of the molecule is Cc1c(N)cccc1NC(=O)CCOCCC1CCC1. The molecule has 110 valence electrons. The standard InChI is InChI=1S/C16H24N2O2/c1-12-14(17)6-3-7-15(12)18-16(19)9-11-20-10-8-13-4-2-5-13/h3,6-7,13H,2,4-5,8-11,17H2,1H3,(H,18,19). The highest BCUT2D eigenvalue weighted by atomic mass is 16.5. The third-order valence-electron chi connectivity index (χ3n) is 4.02. The number of amides is 1. The first kappa shape index (κ1) is 14.9. The van der Waals surface area contributed by atoms with E-state index in [0.717, 1.165) is 30.2 Å². The normalized spacial score (nSPS) is 14.8. The van der Waals surface area contributed by atoms with Gasteiger partial charge in [0.2, 0.25) is 5.91 Å². The average Bonchev–Trinajstić information content (AvgIpc) is 2.37. The van der Waals surface area contributed by atoms with Crippen molar-refractivity contribution in [2.75, 3.05) is 24.3 Å². The van der Waals surface area contributed by atoms with Crippen molar-refractivity contribution in [3.63, 3.8) is 0 Å². The van der Waals surface area contributed by atoms with E-state index in [0.29, 0.717) is 18.7 Å². The second kappa shape index (κ2) is 7.29. The highest BCUT2D eigenvalue weighted by molar-refractivity contribution is 5.92. The van der Waals surface area contributed by atoms with E-state index in [1.807, 2.05) is 25.1 Å². The van der Waals surface area contributed by atoms with Gasteiger partial charge in [-0.3, -0.25) is 4.79 Å². The molecule has 1 fully saturated rings. The van der Waals surface area contributed by atoms with Crippen LogP contribution >= 0.6 is 0 Å². The minimum absolute atomic E-state index is 0.0256. The smallest absolute Gasteiger partial charge is 0.226 e. The Labute approximate surface area is 120 Å². The molecular weight excluding hydrogens is 252 g/mol. The maximum absolute atomic E-state index is 11.8. The Bertz CT molecular complexity index is 456. The van der Waals surface area contributed by atoms with Crippen LogP contribution < -0.4 is 11.1 Å². The summed E-state index contributed by atoms with van der Waals surface area (Å²) in [5, 5.41) is 2.87. The lowest BCUT2D eigenvalue weighted by Gasteiger charge is -2.24. The minimum Gasteiger partial charge on any atom is -0.398 e. The van der Waals surface area contributed by atoms with Gasteiger partial charge in [0.05, 0.1) is 13.0 Å². The largest absolute Gasteiger partial charge is 0.398 e. The summed E-state index contributed by atoms with van der Waals surface area (Å²) < 4.78 is 5.52. The number of anilines is 2. The van der Waals surface area contributed by atoms with E-state index >= 15 is 0 Å². The summed E-state index contributed by atoms with van der Waals surface area (Å²) in [6.45, 7) is 3.16. The lowest BCUT2D eigenvalue weighted by molar-refractivity contribution is -0.117. The number of hydrogen-bond donors (Lipinski definition) is 2. The summed E-state index contributed by atoms with van der Waals surface area (Å²) in [5.74, 6) is 0.834. The Kier molecular flexibility index (Phi) is 5.41. The predicted molar refractivity (Wildman–Crippen MR) is 81.6 cm³/mol. The molecule has 0 atom stereocenters. The fourth-order valence-electron chi connectivity index (χ4n) is 2.30. The number of rotatable bonds is 7. The fourth-order valence-corrected chi connectivity index (χ4v) is 2.30. The molecule has 0 aliphatic heterocycles. The number of hydrogen-bond acceptors (Lipinski definition) is 3. The molecule has 4 nitrogen and oxygen atoms in total. The summed E-state index contributed by atoms with van der Waals surface area (Å²) in [5.41, 5.74) is 8.19. The number of benzene rings is 1. The van der Waals surface area contributed by atoms with E-state index in [2.05, 4.69) is 5.32 Å². The molecule has 1 saturated carbocycles. The molecule has 2 rings (SSSR count). The van der Waals surface area contributed by atoms with E-state index in [1.54, 1.807) is 0 Å². The molecule has 3 N–H and O–H groups in total. The monoisotopic (exact) mass is 276 g/mol. The van der Waals surface area contributed by atoms with Crippen LogP contribution in [0.5, 0.6) is 0 Å². The molecule has 20 heavy (non-hydrogen) atoms. The Hall–Kier alpha value is -1.55. The van der Waals surface area contributed by atoms with Gasteiger partial charge in [-0.15, -0.1) is 0 Å². The van der Waals surface area contributed by atoms with Crippen molar-refractivity contribution in [2.24, 2.45) is 5.92 Å². The molecule has 1 aliphatic carbocycles. The zero-order chi connectivity index (χ0) is 14.4. The molecule has 0 aromatic heterocycles. The topological polar surface area (TPSA) is 64.3 Å². The van der Waals surface area contributed by atoms with Crippen LogP contribution in [0.1, 0.15) is 37.7 Å². The van der Waals surface area contributed by atoms with Gasteiger partial charge in [-0.05, 0) is 37.0 Å². The molecule has 1 aliphatic rings. The summed E-state index contributed by atoms with van der Waals surface area (Å²) in [7, 11) is 0. The van der Waals surface area contributed by atoms with Gasteiger partial charge in [-0.2, -0.15) is 0 Å². The highest BCUT2D eigenvalue weighted by Crippen LogP contribution is 2.29. The second-order valence-corrected chi connectivity index (χ2v) is 5.52. The number of ether oxygens (including phenoxy) is 1. The van der Waals surface area contributed by atoms with E-state index in [9.17, 15) is 4.79 Å². The van der Waals surface area contributed by atoms with Crippen molar-refractivity contribution in [1.82, 2.24) is 0 Å². The number of nitrogens with two attached hydrogens (primary N) is 1. The summed E-state index contributed by atoms with van der Waals surface area (Å²) in [6, 6.07) is 5.53. The van der Waals surface area contributed by atoms with Crippen molar-refractivity contribution < 1.29 is 9.53 Å². The number of nitrogens with one attached hydrogen (secondary N) is 1. The van der Waals surface area contributed by atoms with Gasteiger partial charge in [0, 0.05) is 18.0 Å². The number of carbonyl (C=O) groups excluding carboxylic acids is 1. The van der Waals surface area contributed by atoms with E-state index in [-0.39, 0.29) is 5.91 Å². The van der Waals surface area contributed by atoms with Crippen LogP contribution in [0.4, 0.5) is 11.4 Å². The number of nitrogen functional groups attached to an aromatic ring is 1. The fraction of sp³-hybridized carbons (Fsp3) is 0.562. The Balaban J connectivity index is 1.63. The van der Waals surface area contributed by atoms with Crippen LogP contribution in [0, 0.1) is 12.8 Å². The van der Waals surface area contributed by atoms with Crippen molar-refractivity contribution in [2.45, 2.75) is 39.0 Å². The molecule has 0 bridgehead atoms.